The molecule has 0 bridgehead atoms. The van der Waals surface area contributed by atoms with Gasteiger partial charge in [-0.1, -0.05) is 34.6 Å². The van der Waals surface area contributed by atoms with Gasteiger partial charge in [-0.25, -0.2) is 4.98 Å². The number of piperidine rings is 1. The molecule has 1 aliphatic heterocycles. The summed E-state index contributed by atoms with van der Waals surface area (Å²) in [7, 11) is 0. The topological polar surface area (TPSA) is 28.2 Å². The fraction of sp³-hybridized carbons (Fsp3) is 0.824. The Morgan fingerprint density at radius 1 is 1.33 bits per heavy atom. The second-order valence-corrected chi connectivity index (χ2v) is 8.00. The van der Waals surface area contributed by atoms with Gasteiger partial charge in [-0.2, -0.15) is 0 Å². The molecule has 3 nitrogen and oxygen atoms in total. The highest BCUT2D eigenvalue weighted by Gasteiger charge is 2.25. The fourth-order valence-electron chi connectivity index (χ4n) is 2.83. The van der Waals surface area contributed by atoms with Crippen molar-refractivity contribution in [3.05, 3.63) is 10.6 Å². The molecule has 1 fully saturated rings. The molecule has 0 aliphatic carbocycles. The average Bonchev–Trinajstić information content (AvgIpc) is 2.85. The predicted octanol–water partition coefficient (Wildman–Crippen LogP) is 3.93. The molecule has 120 valence electrons. The van der Waals surface area contributed by atoms with Gasteiger partial charge in [-0.15, -0.1) is 11.3 Å². The van der Waals surface area contributed by atoms with Gasteiger partial charge in [0.1, 0.15) is 0 Å². The molecule has 2 rings (SSSR count). The lowest BCUT2D eigenvalue weighted by molar-refractivity contribution is 0.323. The molecule has 1 aromatic rings. The van der Waals surface area contributed by atoms with E-state index >= 15 is 0 Å². The van der Waals surface area contributed by atoms with Crippen molar-refractivity contribution in [3.8, 4) is 0 Å². The summed E-state index contributed by atoms with van der Waals surface area (Å²) in [6.45, 7) is 15.8. The first-order valence-electron chi connectivity index (χ1n) is 8.45. The normalized spacial score (nSPS) is 23.0. The quantitative estimate of drug-likeness (QED) is 0.863. The Bertz CT molecular complexity index is 441. The molecule has 1 aromatic heterocycles. The van der Waals surface area contributed by atoms with E-state index in [4.69, 9.17) is 4.98 Å². The number of thiazole rings is 1. The van der Waals surface area contributed by atoms with Gasteiger partial charge < -0.3 is 10.2 Å². The third-order valence-corrected chi connectivity index (χ3v) is 5.70. The number of aromatic nitrogens is 1. The molecule has 1 N–H and O–H groups in total. The average molecular weight is 310 g/mol. The molecule has 0 amide bonds. The molecule has 1 saturated heterocycles. The van der Waals surface area contributed by atoms with Crippen molar-refractivity contribution in [1.82, 2.24) is 10.3 Å². The van der Waals surface area contributed by atoms with Gasteiger partial charge in [0.25, 0.3) is 0 Å². The maximum atomic E-state index is 4.91. The fourth-order valence-corrected chi connectivity index (χ4v) is 3.98. The Labute approximate surface area is 134 Å². The van der Waals surface area contributed by atoms with Crippen molar-refractivity contribution < 1.29 is 0 Å². The minimum atomic E-state index is 0.701. The largest absolute Gasteiger partial charge is 0.348 e. The molecule has 0 saturated carbocycles. The molecular formula is C17H31N3S. The van der Waals surface area contributed by atoms with Crippen LogP contribution in [0.4, 0.5) is 5.13 Å². The Hall–Kier alpha value is -0.610. The first-order valence-corrected chi connectivity index (χ1v) is 9.27. The Morgan fingerprint density at radius 2 is 2.10 bits per heavy atom. The van der Waals surface area contributed by atoms with E-state index < -0.39 is 0 Å². The first-order chi connectivity index (χ1) is 10.0. The molecule has 0 aromatic carbocycles. The van der Waals surface area contributed by atoms with Gasteiger partial charge in [-0.3, -0.25) is 0 Å². The van der Waals surface area contributed by atoms with Gasteiger partial charge in [0.15, 0.2) is 5.13 Å². The number of anilines is 1. The van der Waals surface area contributed by atoms with E-state index in [1.165, 1.54) is 28.7 Å². The van der Waals surface area contributed by atoms with Crippen LogP contribution in [-0.4, -0.2) is 24.6 Å². The molecule has 21 heavy (non-hydrogen) atoms. The van der Waals surface area contributed by atoms with Crippen LogP contribution < -0.4 is 10.2 Å². The van der Waals surface area contributed by atoms with Crippen molar-refractivity contribution in [1.29, 1.82) is 0 Å². The van der Waals surface area contributed by atoms with Crippen molar-refractivity contribution in [2.75, 3.05) is 24.5 Å². The molecule has 0 radical (unpaired) electrons. The van der Waals surface area contributed by atoms with Gasteiger partial charge in [0.2, 0.25) is 0 Å². The van der Waals surface area contributed by atoms with Gasteiger partial charge in [0, 0.05) is 24.5 Å². The third kappa shape index (κ3) is 4.43. The van der Waals surface area contributed by atoms with E-state index in [1.54, 1.807) is 0 Å². The number of hydrogen-bond donors (Lipinski definition) is 1. The Morgan fingerprint density at radius 3 is 2.71 bits per heavy atom. The van der Waals surface area contributed by atoms with Crippen LogP contribution in [0.3, 0.4) is 0 Å². The van der Waals surface area contributed by atoms with Crippen LogP contribution in [0, 0.1) is 17.8 Å². The van der Waals surface area contributed by atoms with Crippen LogP contribution in [0.5, 0.6) is 0 Å². The summed E-state index contributed by atoms with van der Waals surface area (Å²) < 4.78 is 0. The van der Waals surface area contributed by atoms with Crippen LogP contribution in [0.15, 0.2) is 0 Å². The number of hydrogen-bond acceptors (Lipinski definition) is 4. The van der Waals surface area contributed by atoms with E-state index in [1.807, 2.05) is 11.3 Å². The monoisotopic (exact) mass is 309 g/mol. The standard InChI is InChI=1S/C17H31N3S/c1-6-15-16(10-18-9-12(2)3)21-17(19-15)20-8-7-13(4)14(5)11-20/h12-14,18H,6-11H2,1-5H3. The lowest BCUT2D eigenvalue weighted by Gasteiger charge is -2.35. The lowest BCUT2D eigenvalue weighted by atomic mass is 9.89. The molecule has 0 spiro atoms. The number of nitrogens with one attached hydrogen (secondary N) is 1. The van der Waals surface area contributed by atoms with Crippen molar-refractivity contribution in [2.24, 2.45) is 17.8 Å². The highest BCUT2D eigenvalue weighted by atomic mass is 32.1. The summed E-state index contributed by atoms with van der Waals surface area (Å²) in [5.74, 6) is 2.32. The maximum absolute atomic E-state index is 4.91. The first kappa shape index (κ1) is 16.8. The maximum Gasteiger partial charge on any atom is 0.185 e. The van der Waals surface area contributed by atoms with Crippen LogP contribution in [-0.2, 0) is 13.0 Å². The van der Waals surface area contributed by atoms with Crippen LogP contribution in [0.2, 0.25) is 0 Å². The van der Waals surface area contributed by atoms with Crippen LogP contribution in [0.1, 0.15) is 51.6 Å². The van der Waals surface area contributed by atoms with E-state index in [2.05, 4.69) is 44.8 Å². The zero-order chi connectivity index (χ0) is 15.4. The van der Waals surface area contributed by atoms with Gasteiger partial charge in [0.05, 0.1) is 5.69 Å². The highest BCUT2D eigenvalue weighted by Crippen LogP contribution is 2.32. The summed E-state index contributed by atoms with van der Waals surface area (Å²) in [6, 6.07) is 0. The number of nitrogens with zero attached hydrogens (tertiary/aromatic N) is 2. The molecule has 2 unspecified atom stereocenters. The minimum absolute atomic E-state index is 0.701. The number of rotatable bonds is 6. The third-order valence-electron chi connectivity index (χ3n) is 4.54. The van der Waals surface area contributed by atoms with Crippen molar-refractivity contribution >= 4 is 16.5 Å². The number of aryl methyl sites for hydroxylation is 1. The molecule has 2 heterocycles. The minimum Gasteiger partial charge on any atom is -0.348 e. The molecule has 1 aliphatic rings. The SMILES string of the molecule is CCc1nc(N2CCC(C)C(C)C2)sc1CNCC(C)C. The van der Waals surface area contributed by atoms with E-state index in [0.717, 1.165) is 37.9 Å². The highest BCUT2D eigenvalue weighted by molar-refractivity contribution is 7.15. The smallest absolute Gasteiger partial charge is 0.185 e. The van der Waals surface area contributed by atoms with Crippen LogP contribution in [0.25, 0.3) is 0 Å². The summed E-state index contributed by atoms with van der Waals surface area (Å²) in [5.41, 5.74) is 1.29. The second kappa shape index (κ2) is 7.59. The summed E-state index contributed by atoms with van der Waals surface area (Å²) in [5, 5.41) is 4.80. The van der Waals surface area contributed by atoms with E-state index in [0.29, 0.717) is 5.92 Å². The molecule has 2 atom stereocenters. The summed E-state index contributed by atoms with van der Waals surface area (Å²) >= 11 is 1.90. The van der Waals surface area contributed by atoms with E-state index in [9.17, 15) is 0 Å². The zero-order valence-electron chi connectivity index (χ0n) is 14.3. The van der Waals surface area contributed by atoms with Crippen molar-refractivity contribution in [2.45, 2.75) is 54.0 Å². The van der Waals surface area contributed by atoms with Crippen LogP contribution >= 0.6 is 11.3 Å². The Kier molecular flexibility index (Phi) is 6.06. The van der Waals surface area contributed by atoms with E-state index in [-0.39, 0.29) is 0 Å². The van der Waals surface area contributed by atoms with Gasteiger partial charge in [-0.05, 0) is 37.1 Å². The summed E-state index contributed by atoms with van der Waals surface area (Å²) in [6.07, 6.45) is 2.33. The van der Waals surface area contributed by atoms with Crippen molar-refractivity contribution in [3.63, 3.8) is 0 Å². The van der Waals surface area contributed by atoms with Gasteiger partial charge >= 0.3 is 0 Å². The lowest BCUT2D eigenvalue weighted by Crippen LogP contribution is -2.38. The predicted molar refractivity (Wildman–Crippen MR) is 93.2 cm³/mol. The molecule has 4 heteroatoms. The summed E-state index contributed by atoms with van der Waals surface area (Å²) in [4.78, 5) is 8.84. The second-order valence-electron chi connectivity index (χ2n) is 6.93. The Balaban J connectivity index is 2.02. The zero-order valence-corrected chi connectivity index (χ0v) is 15.1. The molecular weight excluding hydrogens is 278 g/mol.